The maximum absolute atomic E-state index is 13.5. The average Bonchev–Trinajstić information content (AvgIpc) is 3.74. The van der Waals surface area contributed by atoms with Crippen molar-refractivity contribution in [2.24, 2.45) is 0 Å². The lowest BCUT2D eigenvalue weighted by Crippen LogP contribution is -2.55. The molecule has 0 aliphatic carbocycles. The molecule has 0 saturated carbocycles. The second kappa shape index (κ2) is 14.6. The van der Waals surface area contributed by atoms with E-state index >= 15 is 0 Å². The summed E-state index contributed by atoms with van der Waals surface area (Å²) in [6.07, 6.45) is 0.0803. The van der Waals surface area contributed by atoms with Crippen molar-refractivity contribution in [1.82, 2.24) is 29.8 Å². The lowest BCUT2D eigenvalue weighted by molar-refractivity contribution is -0.138. The van der Waals surface area contributed by atoms with Crippen LogP contribution in [0, 0.1) is 0 Å². The average molecular weight is 633 g/mol. The number of nitrogens with one attached hydrogen (secondary N) is 1. The first-order valence-corrected chi connectivity index (χ1v) is 15.1. The van der Waals surface area contributed by atoms with Crippen molar-refractivity contribution >= 4 is 29.8 Å². The molecule has 2 unspecified atom stereocenters. The van der Waals surface area contributed by atoms with E-state index in [0.717, 1.165) is 18.4 Å². The summed E-state index contributed by atoms with van der Waals surface area (Å²) in [6.45, 7) is 0.744. The normalized spacial score (nSPS) is 17.0. The molecule has 1 aromatic heterocycles. The third-order valence-corrected chi connectivity index (χ3v) is 8.12. The van der Waals surface area contributed by atoms with Gasteiger partial charge in [0.15, 0.2) is 12.3 Å². The van der Waals surface area contributed by atoms with E-state index in [0.29, 0.717) is 12.2 Å². The van der Waals surface area contributed by atoms with Crippen molar-refractivity contribution in [3.05, 3.63) is 78.0 Å². The Morgan fingerprint density at radius 2 is 1.54 bits per heavy atom. The van der Waals surface area contributed by atoms with Crippen LogP contribution in [0.3, 0.4) is 0 Å². The molecule has 2 aliphatic rings. The number of nitrogens with zero attached hydrogens (tertiary/aromatic N) is 5. The van der Waals surface area contributed by atoms with Gasteiger partial charge in [0.05, 0.1) is 11.7 Å². The lowest BCUT2D eigenvalue weighted by Gasteiger charge is -2.35. The number of hydrogen-bond acceptors (Lipinski definition) is 7. The summed E-state index contributed by atoms with van der Waals surface area (Å²) in [7, 11) is 0. The highest BCUT2D eigenvalue weighted by Crippen LogP contribution is 2.32. The van der Waals surface area contributed by atoms with Crippen LogP contribution in [0.5, 0.6) is 5.88 Å². The number of aliphatic carboxylic acids is 1. The number of ether oxygens (including phenoxy) is 1. The van der Waals surface area contributed by atoms with Gasteiger partial charge in [-0.3, -0.25) is 19.2 Å². The van der Waals surface area contributed by atoms with Crippen LogP contribution >= 0.6 is 0 Å². The molecule has 3 aromatic rings. The maximum Gasteiger partial charge on any atom is 0.407 e. The van der Waals surface area contributed by atoms with Gasteiger partial charge in [-0.25, -0.2) is 9.48 Å². The first-order valence-electron chi connectivity index (χ1n) is 15.1. The second-order valence-corrected chi connectivity index (χ2v) is 11.1. The molecule has 5 rings (SSSR count). The minimum absolute atomic E-state index is 0.0509. The van der Waals surface area contributed by atoms with Crippen LogP contribution in [0.15, 0.2) is 66.7 Å². The highest BCUT2D eigenvalue weighted by atomic mass is 16.5. The Balaban J connectivity index is 1.31. The van der Waals surface area contributed by atoms with Crippen LogP contribution in [0.1, 0.15) is 47.8 Å². The number of benzene rings is 2. The summed E-state index contributed by atoms with van der Waals surface area (Å²) in [4.78, 5) is 67.1. The van der Waals surface area contributed by atoms with Gasteiger partial charge in [-0.15, -0.1) is 0 Å². The molecule has 2 aromatic carbocycles. The Labute approximate surface area is 265 Å². The van der Waals surface area contributed by atoms with E-state index < -0.39 is 29.9 Å². The fourth-order valence-electron chi connectivity index (χ4n) is 5.73. The first kappa shape index (κ1) is 32.0. The van der Waals surface area contributed by atoms with Crippen LogP contribution in [0.2, 0.25) is 0 Å². The minimum atomic E-state index is -1.18. The predicted octanol–water partition coefficient (Wildman–Crippen LogP) is 2.40. The fraction of sp³-hybridized carbons (Fsp3) is 0.375. The van der Waals surface area contributed by atoms with E-state index in [1.807, 2.05) is 36.4 Å². The molecule has 14 heteroatoms. The Bertz CT molecular complexity index is 1560. The summed E-state index contributed by atoms with van der Waals surface area (Å²) in [5.74, 6) is -2.45. The largest absolute Gasteiger partial charge is 0.481 e. The molecule has 0 bridgehead atoms. The summed E-state index contributed by atoms with van der Waals surface area (Å²) < 4.78 is 7.35. The molecule has 0 spiro atoms. The topological polar surface area (TPSA) is 175 Å². The van der Waals surface area contributed by atoms with E-state index in [2.05, 4.69) is 10.4 Å². The maximum atomic E-state index is 13.5. The molecule has 3 N–H and O–H groups in total. The Hall–Kier alpha value is -5.40. The van der Waals surface area contributed by atoms with Gasteiger partial charge in [0, 0.05) is 45.2 Å². The van der Waals surface area contributed by atoms with Crippen molar-refractivity contribution in [2.45, 2.75) is 37.8 Å². The summed E-state index contributed by atoms with van der Waals surface area (Å²) in [5, 5.41) is 25.5. The highest BCUT2D eigenvalue weighted by molar-refractivity contribution is 5.96. The zero-order chi connectivity index (χ0) is 32.6. The molecule has 242 valence electrons. The third-order valence-electron chi connectivity index (χ3n) is 8.12. The molecular weight excluding hydrogens is 596 g/mol. The smallest absolute Gasteiger partial charge is 0.407 e. The number of para-hydroxylation sites is 1. The van der Waals surface area contributed by atoms with E-state index in [1.54, 1.807) is 29.2 Å². The number of piperazine rings is 1. The van der Waals surface area contributed by atoms with Gasteiger partial charge in [0.2, 0.25) is 11.8 Å². The Morgan fingerprint density at radius 1 is 0.891 bits per heavy atom. The van der Waals surface area contributed by atoms with Crippen LogP contribution in [0.25, 0.3) is 5.69 Å². The van der Waals surface area contributed by atoms with Crippen molar-refractivity contribution in [3.8, 4) is 11.6 Å². The molecular formula is C32H36N6O8. The molecule has 2 aliphatic heterocycles. The number of carboxylic acid groups (broad SMARTS) is 2. The Kier molecular flexibility index (Phi) is 10.1. The standard InChI is InChI=1S/C32H36N6O8/c39-27(37-15-7-12-26(37)22-8-3-1-4-9-22)21-46-28-20-25(34-38(28)23-10-5-2-6-11-23)30(42)33-24(13-14-29(40)41)31(43)35-16-18-36(19-17-35)32(44)45/h1-6,8-11,20,24,26H,7,12-19,21H2,(H,33,42)(H,40,41)(H,44,45). The number of likely N-dealkylation sites (tertiary alicyclic amines) is 1. The fourth-order valence-corrected chi connectivity index (χ4v) is 5.73. The Morgan fingerprint density at radius 3 is 2.20 bits per heavy atom. The number of hydrogen-bond donors (Lipinski definition) is 3. The summed E-state index contributed by atoms with van der Waals surface area (Å²) >= 11 is 0. The number of carbonyl (C=O) groups excluding carboxylic acids is 3. The van der Waals surface area contributed by atoms with E-state index in [1.165, 1.54) is 20.5 Å². The van der Waals surface area contributed by atoms with Gasteiger partial charge >= 0.3 is 12.1 Å². The molecule has 14 nitrogen and oxygen atoms in total. The van der Waals surface area contributed by atoms with Gasteiger partial charge < -0.3 is 35.0 Å². The summed E-state index contributed by atoms with van der Waals surface area (Å²) in [5.41, 5.74) is 1.53. The minimum Gasteiger partial charge on any atom is -0.481 e. The van der Waals surface area contributed by atoms with Crippen LogP contribution < -0.4 is 10.1 Å². The van der Waals surface area contributed by atoms with Crippen LogP contribution in [-0.4, -0.2) is 110 Å². The number of rotatable bonds is 11. The molecule has 4 amide bonds. The van der Waals surface area contributed by atoms with Crippen LogP contribution in [0.4, 0.5) is 4.79 Å². The van der Waals surface area contributed by atoms with Gasteiger partial charge in [-0.2, -0.15) is 5.10 Å². The highest BCUT2D eigenvalue weighted by Gasteiger charge is 2.32. The van der Waals surface area contributed by atoms with Crippen molar-refractivity contribution in [3.63, 3.8) is 0 Å². The number of aromatic nitrogens is 2. The molecule has 2 fully saturated rings. The van der Waals surface area contributed by atoms with Gasteiger partial charge in [-0.1, -0.05) is 48.5 Å². The van der Waals surface area contributed by atoms with Gasteiger partial charge in [-0.05, 0) is 37.0 Å². The summed E-state index contributed by atoms with van der Waals surface area (Å²) in [6, 6.07) is 18.8. The van der Waals surface area contributed by atoms with E-state index in [9.17, 15) is 34.2 Å². The zero-order valence-corrected chi connectivity index (χ0v) is 25.2. The molecule has 0 radical (unpaired) electrons. The van der Waals surface area contributed by atoms with Crippen LogP contribution in [-0.2, 0) is 14.4 Å². The molecule has 3 heterocycles. The molecule has 2 saturated heterocycles. The number of amides is 4. The van der Waals surface area contributed by atoms with E-state index in [4.69, 9.17) is 4.74 Å². The lowest BCUT2D eigenvalue weighted by atomic mass is 10.0. The predicted molar refractivity (Wildman–Crippen MR) is 163 cm³/mol. The monoisotopic (exact) mass is 632 g/mol. The van der Waals surface area contributed by atoms with Gasteiger partial charge in [0.1, 0.15) is 6.04 Å². The van der Waals surface area contributed by atoms with E-state index in [-0.39, 0.29) is 69.2 Å². The van der Waals surface area contributed by atoms with Crippen molar-refractivity contribution in [1.29, 1.82) is 0 Å². The second-order valence-electron chi connectivity index (χ2n) is 11.1. The first-order chi connectivity index (χ1) is 22.2. The SMILES string of the molecule is O=C(O)CCC(NC(=O)c1cc(OCC(=O)N2CCCC2c2ccccc2)n(-c2ccccc2)n1)C(=O)N1CCN(C(=O)O)CC1. The van der Waals surface area contributed by atoms with Gasteiger partial charge in [0.25, 0.3) is 11.8 Å². The van der Waals surface area contributed by atoms with Crippen molar-refractivity contribution < 1.29 is 38.9 Å². The zero-order valence-electron chi connectivity index (χ0n) is 25.2. The quantitative estimate of drug-likeness (QED) is 0.287. The van der Waals surface area contributed by atoms with Crippen molar-refractivity contribution in [2.75, 3.05) is 39.3 Å². The molecule has 2 atom stereocenters. The number of carbonyl (C=O) groups is 5. The number of carboxylic acids is 1. The molecule has 46 heavy (non-hydrogen) atoms. The third kappa shape index (κ3) is 7.62.